The van der Waals surface area contributed by atoms with E-state index in [9.17, 15) is 0 Å². The number of likely N-dealkylation sites (N-methyl/N-ethyl adjacent to an activating group) is 1. The van der Waals surface area contributed by atoms with Gasteiger partial charge in [0.15, 0.2) is 0 Å². The molecule has 0 saturated carbocycles. The summed E-state index contributed by atoms with van der Waals surface area (Å²) in [5, 5.41) is 7.33. The first kappa shape index (κ1) is 16.6. The van der Waals surface area contributed by atoms with Crippen LogP contribution < -0.4 is 5.32 Å². The van der Waals surface area contributed by atoms with Gasteiger partial charge in [-0.05, 0) is 57.8 Å². The van der Waals surface area contributed by atoms with Crippen LogP contribution in [0, 0.1) is 5.92 Å². The quantitative estimate of drug-likeness (QED) is 0.796. The average molecular weight is 418 g/mol. The van der Waals surface area contributed by atoms with Crippen LogP contribution >= 0.6 is 31.9 Å². The van der Waals surface area contributed by atoms with Crippen LogP contribution in [0.4, 0.5) is 0 Å². The summed E-state index contributed by atoms with van der Waals surface area (Å²) >= 11 is 6.85. The molecule has 0 fully saturated rings. The molecule has 2 heterocycles. The SMILES string of the molecule is CNC(C)C(c1nc(-c2ncc(Br)cc2Br)no1)C(C)C. The van der Waals surface area contributed by atoms with E-state index >= 15 is 0 Å². The number of nitrogens with zero attached hydrogens (tertiary/aromatic N) is 3. The van der Waals surface area contributed by atoms with Crippen molar-refractivity contribution in [3.8, 4) is 11.5 Å². The van der Waals surface area contributed by atoms with Crippen molar-refractivity contribution in [3.63, 3.8) is 0 Å². The largest absolute Gasteiger partial charge is 0.339 e. The van der Waals surface area contributed by atoms with E-state index in [-0.39, 0.29) is 12.0 Å². The molecule has 0 saturated heterocycles. The van der Waals surface area contributed by atoms with Crippen molar-refractivity contribution in [2.45, 2.75) is 32.7 Å². The fraction of sp³-hybridized carbons (Fsp3) is 0.500. The molecule has 0 bridgehead atoms. The normalized spacial score (nSPS) is 14.4. The Labute approximate surface area is 141 Å². The van der Waals surface area contributed by atoms with Crippen LogP contribution in [0.3, 0.4) is 0 Å². The fourth-order valence-corrected chi connectivity index (χ4v) is 3.47. The van der Waals surface area contributed by atoms with Gasteiger partial charge in [-0.15, -0.1) is 0 Å². The van der Waals surface area contributed by atoms with Gasteiger partial charge in [0.2, 0.25) is 11.7 Å². The third-order valence-corrected chi connectivity index (χ3v) is 4.50. The van der Waals surface area contributed by atoms with Crippen molar-refractivity contribution < 1.29 is 4.52 Å². The molecule has 21 heavy (non-hydrogen) atoms. The van der Waals surface area contributed by atoms with Gasteiger partial charge in [0, 0.05) is 21.2 Å². The van der Waals surface area contributed by atoms with Gasteiger partial charge in [-0.3, -0.25) is 4.98 Å². The van der Waals surface area contributed by atoms with Crippen LogP contribution in [0.5, 0.6) is 0 Å². The maximum absolute atomic E-state index is 5.48. The lowest BCUT2D eigenvalue weighted by atomic mass is 9.89. The van der Waals surface area contributed by atoms with E-state index < -0.39 is 0 Å². The molecule has 1 N–H and O–H groups in total. The summed E-state index contributed by atoms with van der Waals surface area (Å²) in [6.45, 7) is 6.41. The van der Waals surface area contributed by atoms with Gasteiger partial charge in [0.1, 0.15) is 5.69 Å². The monoisotopic (exact) mass is 416 g/mol. The lowest BCUT2D eigenvalue weighted by Gasteiger charge is -2.23. The highest BCUT2D eigenvalue weighted by atomic mass is 79.9. The molecule has 5 nitrogen and oxygen atoms in total. The zero-order chi connectivity index (χ0) is 15.6. The lowest BCUT2D eigenvalue weighted by molar-refractivity contribution is 0.286. The molecule has 0 amide bonds. The Morgan fingerprint density at radius 1 is 1.24 bits per heavy atom. The van der Waals surface area contributed by atoms with Crippen LogP contribution in [0.25, 0.3) is 11.5 Å². The third-order valence-electron chi connectivity index (χ3n) is 3.46. The molecule has 2 aromatic rings. The van der Waals surface area contributed by atoms with Crippen LogP contribution in [0.2, 0.25) is 0 Å². The molecule has 0 aromatic carbocycles. The minimum atomic E-state index is 0.158. The molecule has 0 aliphatic carbocycles. The fourth-order valence-electron chi connectivity index (χ4n) is 2.30. The van der Waals surface area contributed by atoms with E-state index in [1.54, 1.807) is 6.20 Å². The standard InChI is InChI=1S/C14H18Br2N4O/c1-7(2)11(8(3)17-4)14-19-13(20-21-14)12-10(16)5-9(15)6-18-12/h5-8,11,17H,1-4H3. The Balaban J connectivity index is 2.36. The molecular weight excluding hydrogens is 400 g/mol. The van der Waals surface area contributed by atoms with Crippen molar-refractivity contribution in [2.75, 3.05) is 7.05 Å². The minimum absolute atomic E-state index is 0.158. The van der Waals surface area contributed by atoms with E-state index in [1.165, 1.54) is 0 Å². The lowest BCUT2D eigenvalue weighted by Crippen LogP contribution is -2.32. The highest BCUT2D eigenvalue weighted by Crippen LogP contribution is 2.30. The maximum Gasteiger partial charge on any atom is 0.231 e. The second-order valence-corrected chi connectivity index (χ2v) is 7.06. The van der Waals surface area contributed by atoms with Gasteiger partial charge in [-0.25, -0.2) is 0 Å². The number of aromatic nitrogens is 3. The third kappa shape index (κ3) is 3.70. The summed E-state index contributed by atoms with van der Waals surface area (Å²) in [5.74, 6) is 1.68. The number of rotatable bonds is 5. The predicted octanol–water partition coefficient (Wildman–Crippen LogP) is 4.00. The first-order valence-corrected chi connectivity index (χ1v) is 8.35. The molecule has 0 aliphatic heterocycles. The summed E-state index contributed by atoms with van der Waals surface area (Å²) in [4.78, 5) is 8.87. The molecule has 2 atom stereocenters. The molecule has 2 rings (SSSR count). The molecule has 2 unspecified atom stereocenters. The van der Waals surface area contributed by atoms with Crippen LogP contribution in [0.15, 0.2) is 25.7 Å². The molecular formula is C14H18Br2N4O. The molecule has 7 heteroatoms. The van der Waals surface area contributed by atoms with Gasteiger partial charge in [-0.1, -0.05) is 19.0 Å². The second-order valence-electron chi connectivity index (χ2n) is 5.29. The summed E-state index contributed by atoms with van der Waals surface area (Å²) in [6, 6.07) is 2.16. The predicted molar refractivity (Wildman–Crippen MR) is 89.0 cm³/mol. The highest BCUT2D eigenvalue weighted by Gasteiger charge is 2.28. The Morgan fingerprint density at radius 2 is 1.95 bits per heavy atom. The molecule has 2 aromatic heterocycles. The van der Waals surface area contributed by atoms with E-state index in [4.69, 9.17) is 4.52 Å². The first-order chi connectivity index (χ1) is 9.93. The van der Waals surface area contributed by atoms with Crippen molar-refractivity contribution in [2.24, 2.45) is 5.92 Å². The molecule has 0 aliphatic rings. The summed E-state index contributed by atoms with van der Waals surface area (Å²) in [5.41, 5.74) is 0.674. The Kier molecular flexibility index (Phi) is 5.51. The van der Waals surface area contributed by atoms with Gasteiger partial charge in [0.25, 0.3) is 0 Å². The van der Waals surface area contributed by atoms with Crippen LogP contribution in [0.1, 0.15) is 32.6 Å². The van der Waals surface area contributed by atoms with E-state index in [0.717, 1.165) is 8.95 Å². The average Bonchev–Trinajstić information content (AvgIpc) is 2.87. The van der Waals surface area contributed by atoms with Crippen molar-refractivity contribution in [1.29, 1.82) is 0 Å². The van der Waals surface area contributed by atoms with Gasteiger partial charge in [-0.2, -0.15) is 4.98 Å². The van der Waals surface area contributed by atoms with E-state index in [1.807, 2.05) is 13.1 Å². The van der Waals surface area contributed by atoms with Crippen molar-refractivity contribution in [1.82, 2.24) is 20.4 Å². The van der Waals surface area contributed by atoms with Crippen LogP contribution in [-0.2, 0) is 0 Å². The Hall–Kier alpha value is -0.790. The number of pyridine rings is 1. The zero-order valence-electron chi connectivity index (χ0n) is 12.4. The van der Waals surface area contributed by atoms with E-state index in [0.29, 0.717) is 23.3 Å². The first-order valence-electron chi connectivity index (χ1n) is 6.76. The zero-order valence-corrected chi connectivity index (χ0v) is 15.6. The van der Waals surface area contributed by atoms with Crippen LogP contribution in [-0.4, -0.2) is 28.2 Å². The van der Waals surface area contributed by atoms with Crippen molar-refractivity contribution >= 4 is 31.9 Å². The molecule has 0 radical (unpaired) electrons. The number of hydrogen-bond donors (Lipinski definition) is 1. The Morgan fingerprint density at radius 3 is 2.52 bits per heavy atom. The van der Waals surface area contributed by atoms with Gasteiger partial charge in [0.05, 0.1) is 5.92 Å². The summed E-state index contributed by atoms with van der Waals surface area (Å²) < 4.78 is 7.20. The van der Waals surface area contributed by atoms with Gasteiger partial charge >= 0.3 is 0 Å². The number of halogens is 2. The topological polar surface area (TPSA) is 63.8 Å². The second kappa shape index (κ2) is 6.98. The highest BCUT2D eigenvalue weighted by molar-refractivity contribution is 9.11. The summed E-state index contributed by atoms with van der Waals surface area (Å²) in [6.07, 6.45) is 1.71. The molecule has 114 valence electrons. The maximum atomic E-state index is 5.48. The van der Waals surface area contributed by atoms with Crippen molar-refractivity contribution in [3.05, 3.63) is 27.1 Å². The minimum Gasteiger partial charge on any atom is -0.339 e. The van der Waals surface area contributed by atoms with Gasteiger partial charge < -0.3 is 9.84 Å². The number of nitrogens with one attached hydrogen (secondary N) is 1. The smallest absolute Gasteiger partial charge is 0.231 e. The van der Waals surface area contributed by atoms with E-state index in [2.05, 4.69) is 73.1 Å². The molecule has 0 spiro atoms. The summed E-state index contributed by atoms with van der Waals surface area (Å²) in [7, 11) is 1.93. The number of hydrogen-bond acceptors (Lipinski definition) is 5. The Bertz CT molecular complexity index is 615.